The number of rotatable bonds is 2. The smallest absolute Gasteiger partial charge is 0.354 e. The lowest BCUT2D eigenvalue weighted by atomic mass is 9.99. The van der Waals surface area contributed by atoms with Crippen molar-refractivity contribution in [3.05, 3.63) is 34.5 Å². The number of benzene rings is 1. The molecule has 0 spiro atoms. The monoisotopic (exact) mass is 415 g/mol. The number of aromatic nitrogens is 2. The van der Waals surface area contributed by atoms with Crippen LogP contribution in [0.15, 0.2) is 21.5 Å². The average molecular weight is 416 g/mol. The topological polar surface area (TPSA) is 112 Å². The van der Waals surface area contributed by atoms with Gasteiger partial charge in [-0.3, -0.25) is 0 Å². The van der Waals surface area contributed by atoms with E-state index < -0.39 is 15.9 Å². The van der Waals surface area contributed by atoms with Crippen LogP contribution in [0.1, 0.15) is 42.0 Å². The number of amides is 2. The Bertz CT molecular complexity index is 1100. The molecule has 5 rings (SSSR count). The molecule has 29 heavy (non-hydrogen) atoms. The van der Waals surface area contributed by atoms with Gasteiger partial charge in [0.1, 0.15) is 4.90 Å². The van der Waals surface area contributed by atoms with Crippen LogP contribution in [0.25, 0.3) is 0 Å². The van der Waals surface area contributed by atoms with E-state index >= 15 is 0 Å². The second kappa shape index (κ2) is 6.84. The van der Waals surface area contributed by atoms with Gasteiger partial charge in [-0.2, -0.15) is 5.10 Å². The summed E-state index contributed by atoms with van der Waals surface area (Å²) in [6, 6.07) is 1.61. The van der Waals surface area contributed by atoms with Gasteiger partial charge in [-0.1, -0.05) is 13.0 Å². The molecule has 2 aromatic rings. The molecule has 0 saturated carbocycles. The average Bonchev–Trinajstić information content (AvgIpc) is 3.39. The Morgan fingerprint density at radius 1 is 1.28 bits per heavy atom. The van der Waals surface area contributed by atoms with Crippen molar-refractivity contribution in [2.45, 2.75) is 56.9 Å². The van der Waals surface area contributed by atoms with Gasteiger partial charge in [0, 0.05) is 11.6 Å². The SMILES string of the molecule is C[C@@H]1COc2c([S@@](N)(=O)=NC(=O)Nc3c4c(cc5c3CCC5)CCC4)cnn2C1. The highest BCUT2D eigenvalue weighted by Gasteiger charge is 2.28. The van der Waals surface area contributed by atoms with E-state index in [2.05, 4.69) is 20.8 Å². The zero-order chi connectivity index (χ0) is 20.2. The van der Waals surface area contributed by atoms with Gasteiger partial charge in [0.2, 0.25) is 5.88 Å². The lowest BCUT2D eigenvalue weighted by Gasteiger charge is -2.21. The van der Waals surface area contributed by atoms with Crippen LogP contribution < -0.4 is 15.2 Å². The molecule has 154 valence electrons. The Labute approximate surface area is 170 Å². The number of fused-ring (bicyclic) bond motifs is 3. The molecule has 9 heteroatoms. The fraction of sp³-hybridized carbons (Fsp3) is 0.500. The van der Waals surface area contributed by atoms with E-state index in [1.807, 2.05) is 6.92 Å². The van der Waals surface area contributed by atoms with Gasteiger partial charge in [0.25, 0.3) is 0 Å². The maximum atomic E-state index is 13.1. The van der Waals surface area contributed by atoms with E-state index in [1.54, 1.807) is 4.68 Å². The highest BCUT2D eigenvalue weighted by atomic mass is 32.2. The largest absolute Gasteiger partial charge is 0.477 e. The van der Waals surface area contributed by atoms with Crippen molar-refractivity contribution in [1.82, 2.24) is 9.78 Å². The molecular formula is C20H25N5O3S. The van der Waals surface area contributed by atoms with E-state index in [1.165, 1.54) is 28.5 Å². The first kappa shape index (κ1) is 18.6. The number of hydrogen-bond acceptors (Lipinski definition) is 4. The van der Waals surface area contributed by atoms with Crippen LogP contribution in [0.5, 0.6) is 5.88 Å². The Kier molecular flexibility index (Phi) is 4.40. The van der Waals surface area contributed by atoms with Gasteiger partial charge in [0.15, 0.2) is 9.92 Å². The number of urea groups is 1. The van der Waals surface area contributed by atoms with E-state index in [-0.39, 0.29) is 4.90 Å². The van der Waals surface area contributed by atoms with Crippen molar-refractivity contribution in [2.75, 3.05) is 11.9 Å². The van der Waals surface area contributed by atoms with E-state index in [9.17, 15) is 9.00 Å². The quantitative estimate of drug-likeness (QED) is 0.785. The molecule has 0 unspecified atom stereocenters. The molecule has 2 atom stereocenters. The van der Waals surface area contributed by atoms with Gasteiger partial charge in [-0.25, -0.2) is 18.8 Å². The number of anilines is 1. The van der Waals surface area contributed by atoms with E-state index in [4.69, 9.17) is 9.88 Å². The Balaban J connectivity index is 1.47. The maximum absolute atomic E-state index is 13.1. The third kappa shape index (κ3) is 3.22. The first-order valence-electron chi connectivity index (χ1n) is 10.1. The number of nitrogens with one attached hydrogen (secondary N) is 1. The summed E-state index contributed by atoms with van der Waals surface area (Å²) >= 11 is 0. The summed E-state index contributed by atoms with van der Waals surface area (Å²) in [5.74, 6) is 0.639. The van der Waals surface area contributed by atoms with Crippen LogP contribution >= 0.6 is 0 Å². The van der Waals surface area contributed by atoms with Gasteiger partial charge in [-0.15, -0.1) is 4.36 Å². The third-order valence-corrected chi connectivity index (χ3v) is 7.33. The highest BCUT2D eigenvalue weighted by Crippen LogP contribution is 2.38. The standard InChI is InChI=1S/C20H25N5O3S/c1-12-10-25-19(28-11-12)17(9-22-25)29(21,27)24-20(26)23-18-15-6-2-4-13(15)8-14-5-3-7-16(14)18/h8-9,12H,2-7,10-11H2,1H3,(H3,21,23,24,26,27)/t12-,29-/m0/s1. The van der Waals surface area contributed by atoms with Crippen LogP contribution in [0.4, 0.5) is 10.5 Å². The van der Waals surface area contributed by atoms with Gasteiger partial charge in [0.05, 0.1) is 19.3 Å². The molecule has 0 saturated heterocycles. The zero-order valence-corrected chi connectivity index (χ0v) is 17.3. The van der Waals surface area contributed by atoms with Gasteiger partial charge >= 0.3 is 6.03 Å². The number of nitrogens with zero attached hydrogens (tertiary/aromatic N) is 3. The van der Waals surface area contributed by atoms with Gasteiger partial charge in [-0.05, 0) is 60.8 Å². The fourth-order valence-corrected chi connectivity index (χ4v) is 5.67. The molecule has 1 aliphatic heterocycles. The zero-order valence-electron chi connectivity index (χ0n) is 16.4. The molecule has 1 aromatic heterocycles. The van der Waals surface area contributed by atoms with Crippen molar-refractivity contribution >= 4 is 21.6 Å². The second-order valence-corrected chi connectivity index (χ2v) is 10.00. The molecule has 8 nitrogen and oxygen atoms in total. The number of ether oxygens (including phenoxy) is 1. The van der Waals surface area contributed by atoms with Crippen molar-refractivity contribution in [2.24, 2.45) is 15.4 Å². The number of hydrogen-bond donors (Lipinski definition) is 2. The molecule has 3 N–H and O–H groups in total. The minimum absolute atomic E-state index is 0.170. The minimum Gasteiger partial charge on any atom is -0.477 e. The van der Waals surface area contributed by atoms with Crippen LogP contribution in [0, 0.1) is 5.92 Å². The highest BCUT2D eigenvalue weighted by molar-refractivity contribution is 7.91. The van der Waals surface area contributed by atoms with Gasteiger partial charge < -0.3 is 10.1 Å². The molecule has 2 amide bonds. The summed E-state index contributed by atoms with van der Waals surface area (Å²) in [5, 5.41) is 13.1. The van der Waals surface area contributed by atoms with Crippen molar-refractivity contribution < 1.29 is 13.7 Å². The molecule has 2 aliphatic carbocycles. The Morgan fingerprint density at radius 3 is 2.66 bits per heavy atom. The first-order valence-corrected chi connectivity index (χ1v) is 11.7. The predicted molar refractivity (Wildman–Crippen MR) is 109 cm³/mol. The van der Waals surface area contributed by atoms with Crippen LogP contribution in [-0.2, 0) is 42.1 Å². The number of nitrogens with two attached hydrogens (primary N) is 1. The molecule has 0 bridgehead atoms. The van der Waals surface area contributed by atoms with Crippen molar-refractivity contribution in [3.8, 4) is 5.88 Å². The number of carbonyl (C=O) groups excluding carboxylic acids is 1. The molecule has 0 radical (unpaired) electrons. The summed E-state index contributed by atoms with van der Waals surface area (Å²) in [7, 11) is -3.47. The van der Waals surface area contributed by atoms with Crippen molar-refractivity contribution in [3.63, 3.8) is 0 Å². The van der Waals surface area contributed by atoms with Crippen LogP contribution in [0.2, 0.25) is 0 Å². The minimum atomic E-state index is -3.47. The summed E-state index contributed by atoms with van der Waals surface area (Å²) in [6.45, 7) is 3.18. The molecule has 3 aliphatic rings. The predicted octanol–water partition coefficient (Wildman–Crippen LogP) is 2.82. The third-order valence-electron chi connectivity index (χ3n) is 5.99. The molecule has 0 fully saturated rings. The maximum Gasteiger partial charge on any atom is 0.354 e. The van der Waals surface area contributed by atoms with Crippen LogP contribution in [0.3, 0.4) is 0 Å². The first-order chi connectivity index (χ1) is 13.9. The summed E-state index contributed by atoms with van der Waals surface area (Å²) < 4.78 is 24.2. The fourth-order valence-electron chi connectivity index (χ4n) is 4.67. The molecular weight excluding hydrogens is 390 g/mol. The lowest BCUT2D eigenvalue weighted by Crippen LogP contribution is -2.25. The second-order valence-electron chi connectivity index (χ2n) is 8.24. The van der Waals surface area contributed by atoms with Crippen LogP contribution in [-0.4, -0.2) is 26.6 Å². The Morgan fingerprint density at radius 2 is 1.97 bits per heavy atom. The Hall–Kier alpha value is -2.39. The van der Waals surface area contributed by atoms with Crippen molar-refractivity contribution in [1.29, 1.82) is 0 Å². The summed E-state index contributed by atoms with van der Waals surface area (Å²) in [4.78, 5) is 12.9. The number of carbonyl (C=O) groups is 1. The normalized spacial score (nSPS) is 21.5. The summed E-state index contributed by atoms with van der Waals surface area (Å²) in [6.07, 6.45) is 7.53. The van der Waals surface area contributed by atoms with E-state index in [0.29, 0.717) is 24.9 Å². The number of aryl methyl sites for hydroxylation is 2. The molecule has 2 heterocycles. The lowest BCUT2D eigenvalue weighted by molar-refractivity contribution is 0.171. The summed E-state index contributed by atoms with van der Waals surface area (Å²) in [5.41, 5.74) is 5.86. The van der Waals surface area contributed by atoms with E-state index in [0.717, 1.165) is 44.2 Å². The molecule has 1 aromatic carbocycles.